The van der Waals surface area contributed by atoms with Gasteiger partial charge < -0.3 is 20.3 Å². The maximum absolute atomic E-state index is 12.5. The third-order valence-electron chi connectivity index (χ3n) is 5.49. The van der Waals surface area contributed by atoms with Gasteiger partial charge in [0.25, 0.3) is 17.5 Å². The number of hydrogen-bond donors (Lipinski definition) is 2. The van der Waals surface area contributed by atoms with E-state index >= 15 is 0 Å². The molecule has 0 unspecified atom stereocenters. The topological polar surface area (TPSA) is 151 Å². The van der Waals surface area contributed by atoms with E-state index in [0.29, 0.717) is 32.4 Å². The molecule has 0 bridgehead atoms. The summed E-state index contributed by atoms with van der Waals surface area (Å²) in [4.78, 5) is 62.1. The molecule has 1 saturated heterocycles. The maximum Gasteiger partial charge on any atom is 0.410 e. The molecule has 12 nitrogen and oxygen atoms in total. The number of urea groups is 1. The normalized spacial score (nSPS) is 16.3. The number of non-ortho nitro benzene ring substituents is 1. The second kappa shape index (κ2) is 10.1. The van der Waals surface area contributed by atoms with Crippen LogP contribution in [0.5, 0.6) is 0 Å². The minimum Gasteiger partial charge on any atom is -0.444 e. The number of amides is 5. The van der Waals surface area contributed by atoms with E-state index in [1.807, 2.05) is 20.8 Å². The van der Waals surface area contributed by atoms with E-state index in [1.165, 1.54) is 12.1 Å². The van der Waals surface area contributed by atoms with E-state index in [-0.39, 0.29) is 48.1 Å². The Morgan fingerprint density at radius 1 is 1.15 bits per heavy atom. The van der Waals surface area contributed by atoms with Gasteiger partial charge in [-0.2, -0.15) is 0 Å². The predicted octanol–water partition coefficient (Wildman–Crippen LogP) is 2.28. The Kier molecular flexibility index (Phi) is 7.38. The average molecular weight is 476 g/mol. The van der Waals surface area contributed by atoms with Gasteiger partial charge in [-0.25, -0.2) is 9.59 Å². The first kappa shape index (κ1) is 24.9. The molecule has 34 heavy (non-hydrogen) atoms. The van der Waals surface area contributed by atoms with Crippen molar-refractivity contribution in [3.8, 4) is 0 Å². The number of fused-ring (bicyclic) bond motifs is 1. The number of nitrogens with zero attached hydrogens (tertiary/aromatic N) is 3. The summed E-state index contributed by atoms with van der Waals surface area (Å²) in [5.41, 5.74) is -0.657. The van der Waals surface area contributed by atoms with Crippen molar-refractivity contribution in [2.45, 2.75) is 51.7 Å². The number of nitro benzene ring substituents is 1. The molecule has 5 amide bonds. The molecule has 2 aliphatic rings. The minimum absolute atomic E-state index is 0.0163. The highest BCUT2D eigenvalue weighted by Gasteiger charge is 2.36. The summed E-state index contributed by atoms with van der Waals surface area (Å²) in [5.74, 6) is -1.08. The molecule has 1 aromatic rings. The summed E-state index contributed by atoms with van der Waals surface area (Å²) < 4.78 is 5.36. The lowest BCUT2D eigenvalue weighted by Gasteiger charge is -2.33. The van der Waals surface area contributed by atoms with Crippen LogP contribution in [0.15, 0.2) is 18.2 Å². The van der Waals surface area contributed by atoms with E-state index in [2.05, 4.69) is 10.6 Å². The third kappa shape index (κ3) is 6.00. The molecule has 12 heteroatoms. The Balaban J connectivity index is 1.38. The number of likely N-dealkylation sites (tertiary alicyclic amines) is 1. The highest BCUT2D eigenvalue weighted by molar-refractivity contribution is 6.21. The number of ether oxygens (including phenoxy) is 1. The summed E-state index contributed by atoms with van der Waals surface area (Å²) in [5, 5.41) is 16.5. The molecule has 0 radical (unpaired) electrons. The molecule has 1 fully saturated rings. The maximum atomic E-state index is 12.5. The van der Waals surface area contributed by atoms with Crippen LogP contribution in [0, 0.1) is 10.1 Å². The zero-order valence-corrected chi connectivity index (χ0v) is 19.5. The average Bonchev–Trinajstić information content (AvgIpc) is 3.00. The lowest BCUT2D eigenvalue weighted by atomic mass is 10.1. The predicted molar refractivity (Wildman–Crippen MR) is 120 cm³/mol. The van der Waals surface area contributed by atoms with Crippen LogP contribution >= 0.6 is 0 Å². The van der Waals surface area contributed by atoms with Crippen LogP contribution in [0.25, 0.3) is 0 Å². The molecule has 0 spiro atoms. The van der Waals surface area contributed by atoms with E-state index in [4.69, 9.17) is 4.74 Å². The second-order valence-corrected chi connectivity index (χ2v) is 9.24. The fourth-order valence-corrected chi connectivity index (χ4v) is 3.80. The van der Waals surface area contributed by atoms with E-state index < -0.39 is 22.3 Å². The van der Waals surface area contributed by atoms with Crippen LogP contribution in [-0.2, 0) is 4.74 Å². The number of hydrogen-bond acceptors (Lipinski definition) is 7. The molecule has 184 valence electrons. The third-order valence-corrected chi connectivity index (χ3v) is 5.49. The number of carbonyl (C=O) groups is 4. The van der Waals surface area contributed by atoms with Gasteiger partial charge in [-0.3, -0.25) is 24.6 Å². The van der Waals surface area contributed by atoms with Crippen LogP contribution in [-0.4, -0.2) is 76.5 Å². The van der Waals surface area contributed by atoms with Gasteiger partial charge in [0.15, 0.2) is 0 Å². The van der Waals surface area contributed by atoms with Gasteiger partial charge in [0.2, 0.25) is 0 Å². The van der Waals surface area contributed by atoms with E-state index in [1.54, 1.807) is 4.90 Å². The van der Waals surface area contributed by atoms with Crippen molar-refractivity contribution < 1.29 is 28.8 Å². The first-order valence-electron chi connectivity index (χ1n) is 11.1. The Bertz CT molecular complexity index is 996. The van der Waals surface area contributed by atoms with Crippen molar-refractivity contribution in [3.63, 3.8) is 0 Å². The SMILES string of the molecule is CC(C)(C)OC(=O)N1CCC(NC(=O)NCCCN2C(=O)c3ccc([N+](=O)[O-])cc3C2=O)CC1. The molecule has 1 aromatic carbocycles. The molecule has 3 rings (SSSR count). The molecule has 2 heterocycles. The highest BCUT2D eigenvalue weighted by atomic mass is 16.6. The number of carbonyl (C=O) groups excluding carboxylic acids is 4. The number of imide groups is 1. The molecular weight excluding hydrogens is 446 g/mol. The Morgan fingerprint density at radius 3 is 2.41 bits per heavy atom. The zero-order chi connectivity index (χ0) is 25.0. The quantitative estimate of drug-likeness (QED) is 0.277. The van der Waals surface area contributed by atoms with Crippen molar-refractivity contribution in [3.05, 3.63) is 39.4 Å². The van der Waals surface area contributed by atoms with Crippen LogP contribution in [0.1, 0.15) is 60.7 Å². The summed E-state index contributed by atoms with van der Waals surface area (Å²) in [7, 11) is 0. The van der Waals surface area contributed by atoms with Gasteiger partial charge in [0.05, 0.1) is 16.1 Å². The summed E-state index contributed by atoms with van der Waals surface area (Å²) >= 11 is 0. The molecule has 0 atom stereocenters. The van der Waals surface area contributed by atoms with Gasteiger partial charge >= 0.3 is 12.1 Å². The van der Waals surface area contributed by atoms with Gasteiger partial charge in [-0.15, -0.1) is 0 Å². The highest BCUT2D eigenvalue weighted by Crippen LogP contribution is 2.26. The van der Waals surface area contributed by atoms with Gasteiger partial charge in [0.1, 0.15) is 5.60 Å². The van der Waals surface area contributed by atoms with Crippen molar-refractivity contribution in [2.24, 2.45) is 0 Å². The molecule has 0 saturated carbocycles. The number of benzene rings is 1. The fraction of sp³-hybridized carbons (Fsp3) is 0.545. The van der Waals surface area contributed by atoms with Crippen LogP contribution < -0.4 is 10.6 Å². The summed E-state index contributed by atoms with van der Waals surface area (Å²) in [6.07, 6.45) is 1.18. The van der Waals surface area contributed by atoms with Gasteiger partial charge in [-0.05, 0) is 46.1 Å². The Hall–Kier alpha value is -3.70. The second-order valence-electron chi connectivity index (χ2n) is 9.24. The first-order valence-corrected chi connectivity index (χ1v) is 11.1. The van der Waals surface area contributed by atoms with Crippen molar-refractivity contribution in [1.82, 2.24) is 20.4 Å². The summed E-state index contributed by atoms with van der Waals surface area (Å²) in [6.45, 7) is 6.71. The van der Waals surface area contributed by atoms with Crippen LogP contribution in [0.3, 0.4) is 0 Å². The number of rotatable bonds is 6. The lowest BCUT2D eigenvalue weighted by Crippen LogP contribution is -2.50. The molecule has 0 aromatic heterocycles. The first-order chi connectivity index (χ1) is 16.0. The minimum atomic E-state index is -0.620. The largest absolute Gasteiger partial charge is 0.444 e. The Labute approximate surface area is 196 Å². The summed E-state index contributed by atoms with van der Waals surface area (Å²) in [6, 6.07) is 3.14. The van der Waals surface area contributed by atoms with E-state index in [0.717, 1.165) is 11.0 Å². The van der Waals surface area contributed by atoms with Crippen molar-refractivity contribution in [2.75, 3.05) is 26.2 Å². The molecule has 0 aliphatic carbocycles. The van der Waals surface area contributed by atoms with Gasteiger partial charge in [-0.1, -0.05) is 0 Å². The fourth-order valence-electron chi connectivity index (χ4n) is 3.80. The number of piperidine rings is 1. The molecule has 2 aliphatic heterocycles. The smallest absolute Gasteiger partial charge is 0.410 e. The standard InChI is InChI=1S/C22H29N5O7/c1-22(2,3)34-21(31)25-11-7-14(8-12-25)24-20(30)23-9-4-10-26-18(28)16-6-5-15(27(32)33)13-17(16)19(26)29/h5-6,13-14H,4,7-12H2,1-3H3,(H2,23,24,30). The Morgan fingerprint density at radius 2 is 1.79 bits per heavy atom. The lowest BCUT2D eigenvalue weighted by molar-refractivity contribution is -0.384. The van der Waals surface area contributed by atoms with Crippen LogP contribution in [0.2, 0.25) is 0 Å². The van der Waals surface area contributed by atoms with Gasteiger partial charge in [0, 0.05) is 44.4 Å². The molecular formula is C22H29N5O7. The van der Waals surface area contributed by atoms with E-state index in [9.17, 15) is 29.3 Å². The van der Waals surface area contributed by atoms with Crippen LogP contribution in [0.4, 0.5) is 15.3 Å². The number of nitro groups is 1. The van der Waals surface area contributed by atoms with Crippen molar-refractivity contribution in [1.29, 1.82) is 0 Å². The van der Waals surface area contributed by atoms with Crippen molar-refractivity contribution >= 4 is 29.6 Å². The monoisotopic (exact) mass is 475 g/mol. The number of nitrogens with one attached hydrogen (secondary N) is 2. The molecule has 2 N–H and O–H groups in total. The zero-order valence-electron chi connectivity index (χ0n) is 19.5.